The summed E-state index contributed by atoms with van der Waals surface area (Å²) in [5.41, 5.74) is 4.35. The van der Waals surface area contributed by atoms with Crippen molar-refractivity contribution in [2.75, 3.05) is 26.2 Å². The van der Waals surface area contributed by atoms with Gasteiger partial charge in [-0.1, -0.05) is 71.7 Å². The summed E-state index contributed by atoms with van der Waals surface area (Å²) in [6.45, 7) is 5.02. The zero-order chi connectivity index (χ0) is 23.5. The van der Waals surface area contributed by atoms with Crippen LogP contribution >= 0.6 is 35.6 Å². The molecule has 2 aliphatic rings. The number of piperazine rings is 1. The second-order valence-electron chi connectivity index (χ2n) is 9.35. The summed E-state index contributed by atoms with van der Waals surface area (Å²) in [4.78, 5) is 18.7. The van der Waals surface area contributed by atoms with E-state index in [0.29, 0.717) is 11.6 Å². The van der Waals surface area contributed by atoms with Crippen LogP contribution in [0.15, 0.2) is 72.8 Å². The Kier molecular flexibility index (Phi) is 8.41. The standard InChI is InChI=1S/C28H29Cl2N3O.ClH/c29-25-9-5-21(6-10-25)19-31-27(34)28(17-23-3-1-2-4-24(23)18-28)33-15-13-32(14-16-33)20-22-7-11-26(30)12-8-22;/h1-12H,13-20H2,(H,31,34);1H. The molecule has 35 heavy (non-hydrogen) atoms. The summed E-state index contributed by atoms with van der Waals surface area (Å²) in [5, 5.41) is 4.71. The highest BCUT2D eigenvalue weighted by Gasteiger charge is 2.48. The van der Waals surface area contributed by atoms with Crippen LogP contribution in [0.1, 0.15) is 22.3 Å². The lowest BCUT2D eigenvalue weighted by Gasteiger charge is -2.45. The van der Waals surface area contributed by atoms with E-state index in [1.165, 1.54) is 16.7 Å². The molecule has 7 heteroatoms. The van der Waals surface area contributed by atoms with E-state index in [-0.39, 0.29) is 18.3 Å². The highest BCUT2D eigenvalue weighted by molar-refractivity contribution is 6.30. The molecule has 1 amide bonds. The molecule has 3 aromatic rings. The first kappa shape index (κ1) is 26.0. The van der Waals surface area contributed by atoms with Crippen molar-refractivity contribution in [1.82, 2.24) is 15.1 Å². The number of carbonyl (C=O) groups excluding carboxylic acids is 1. The van der Waals surface area contributed by atoms with E-state index in [4.69, 9.17) is 23.2 Å². The van der Waals surface area contributed by atoms with E-state index in [2.05, 4.69) is 51.5 Å². The summed E-state index contributed by atoms with van der Waals surface area (Å²) >= 11 is 12.1. The predicted molar refractivity (Wildman–Crippen MR) is 145 cm³/mol. The van der Waals surface area contributed by atoms with E-state index in [1.807, 2.05) is 36.4 Å². The number of nitrogens with one attached hydrogen (secondary N) is 1. The third-order valence-corrected chi connectivity index (χ3v) is 7.67. The topological polar surface area (TPSA) is 35.6 Å². The van der Waals surface area contributed by atoms with Crippen molar-refractivity contribution < 1.29 is 4.79 Å². The Morgan fingerprint density at radius 2 is 1.29 bits per heavy atom. The maximum Gasteiger partial charge on any atom is 0.241 e. The highest BCUT2D eigenvalue weighted by Crippen LogP contribution is 2.36. The Balaban J connectivity index is 0.00000289. The van der Waals surface area contributed by atoms with Gasteiger partial charge in [-0.15, -0.1) is 12.4 Å². The molecule has 0 aromatic heterocycles. The van der Waals surface area contributed by atoms with Crippen LogP contribution < -0.4 is 5.32 Å². The SMILES string of the molecule is Cl.O=C(NCc1ccc(Cl)cc1)C1(N2CCN(Cc3ccc(Cl)cc3)CC2)Cc2ccccc2C1. The zero-order valence-electron chi connectivity index (χ0n) is 19.6. The first-order valence-corrected chi connectivity index (χ1v) is 12.6. The number of fused-ring (bicyclic) bond motifs is 1. The minimum Gasteiger partial charge on any atom is -0.350 e. The molecule has 0 bridgehead atoms. The van der Waals surface area contributed by atoms with Crippen LogP contribution in [-0.4, -0.2) is 47.4 Å². The molecule has 1 saturated heterocycles. The van der Waals surface area contributed by atoms with Gasteiger partial charge < -0.3 is 5.32 Å². The van der Waals surface area contributed by atoms with E-state index in [9.17, 15) is 4.79 Å². The monoisotopic (exact) mass is 529 g/mol. The molecule has 1 aliphatic carbocycles. The third-order valence-electron chi connectivity index (χ3n) is 7.17. The lowest BCUT2D eigenvalue weighted by Crippen LogP contribution is -2.64. The molecule has 184 valence electrons. The van der Waals surface area contributed by atoms with Crippen LogP contribution in [0, 0.1) is 0 Å². The maximum absolute atomic E-state index is 13.8. The van der Waals surface area contributed by atoms with E-state index < -0.39 is 5.54 Å². The van der Waals surface area contributed by atoms with Gasteiger partial charge in [0.15, 0.2) is 0 Å². The van der Waals surface area contributed by atoms with E-state index in [1.54, 1.807) is 0 Å². The molecule has 1 heterocycles. The number of nitrogens with zero attached hydrogens (tertiary/aromatic N) is 2. The van der Waals surface area contributed by atoms with Crippen molar-refractivity contribution in [3.63, 3.8) is 0 Å². The molecule has 0 radical (unpaired) electrons. The molecule has 0 atom stereocenters. The number of hydrogen-bond acceptors (Lipinski definition) is 3. The molecular formula is C28H30Cl3N3O. The van der Waals surface area contributed by atoms with Gasteiger partial charge in [-0.2, -0.15) is 0 Å². The van der Waals surface area contributed by atoms with Gasteiger partial charge in [-0.25, -0.2) is 0 Å². The summed E-state index contributed by atoms with van der Waals surface area (Å²) in [5.74, 6) is 0.116. The molecule has 1 aliphatic heterocycles. The smallest absolute Gasteiger partial charge is 0.241 e. The van der Waals surface area contributed by atoms with Gasteiger partial charge in [-0.3, -0.25) is 14.6 Å². The van der Waals surface area contributed by atoms with Gasteiger partial charge in [0.1, 0.15) is 5.54 Å². The molecular weight excluding hydrogens is 501 g/mol. The molecule has 5 rings (SSSR count). The number of amides is 1. The number of rotatable bonds is 6. The Morgan fingerprint density at radius 3 is 1.83 bits per heavy atom. The minimum atomic E-state index is -0.539. The normalized spacial score (nSPS) is 17.4. The van der Waals surface area contributed by atoms with Crippen LogP contribution in [0.4, 0.5) is 0 Å². The fourth-order valence-corrected chi connectivity index (χ4v) is 5.51. The maximum atomic E-state index is 13.8. The first-order valence-electron chi connectivity index (χ1n) is 11.8. The van der Waals surface area contributed by atoms with Crippen LogP contribution in [0.3, 0.4) is 0 Å². The van der Waals surface area contributed by atoms with Crippen LogP contribution in [0.25, 0.3) is 0 Å². The minimum absolute atomic E-state index is 0. The van der Waals surface area contributed by atoms with Gasteiger partial charge in [0.25, 0.3) is 0 Å². The molecule has 4 nitrogen and oxygen atoms in total. The quantitative estimate of drug-likeness (QED) is 0.464. The van der Waals surface area contributed by atoms with Gasteiger partial charge >= 0.3 is 0 Å². The lowest BCUT2D eigenvalue weighted by molar-refractivity contribution is -0.135. The lowest BCUT2D eigenvalue weighted by atomic mass is 9.90. The number of halogens is 3. The summed E-state index contributed by atoms with van der Waals surface area (Å²) in [7, 11) is 0. The van der Waals surface area contributed by atoms with Crippen molar-refractivity contribution in [3.05, 3.63) is 105 Å². The van der Waals surface area contributed by atoms with Gasteiger partial charge in [0.2, 0.25) is 5.91 Å². The Morgan fingerprint density at radius 1 is 0.771 bits per heavy atom. The number of carbonyl (C=O) groups is 1. The van der Waals surface area contributed by atoms with Crippen LogP contribution in [0.5, 0.6) is 0 Å². The van der Waals surface area contributed by atoms with E-state index in [0.717, 1.165) is 56.2 Å². The Bertz CT molecular complexity index is 1120. The van der Waals surface area contributed by atoms with Crippen LogP contribution in [-0.2, 0) is 30.7 Å². The summed E-state index contributed by atoms with van der Waals surface area (Å²) in [6.07, 6.45) is 1.51. The highest BCUT2D eigenvalue weighted by atomic mass is 35.5. The molecule has 0 saturated carbocycles. The van der Waals surface area contributed by atoms with Gasteiger partial charge in [0, 0.05) is 62.2 Å². The average molecular weight is 531 g/mol. The fraction of sp³-hybridized carbons (Fsp3) is 0.321. The first-order chi connectivity index (χ1) is 16.5. The largest absolute Gasteiger partial charge is 0.350 e. The average Bonchev–Trinajstić information content (AvgIpc) is 3.26. The predicted octanol–water partition coefficient (Wildman–Crippen LogP) is 5.39. The molecule has 3 aromatic carbocycles. The Hall–Kier alpha value is -2.08. The zero-order valence-corrected chi connectivity index (χ0v) is 21.9. The van der Waals surface area contributed by atoms with Crippen molar-refractivity contribution >= 4 is 41.5 Å². The van der Waals surface area contributed by atoms with Crippen molar-refractivity contribution in [2.24, 2.45) is 0 Å². The van der Waals surface area contributed by atoms with Gasteiger partial charge in [0.05, 0.1) is 0 Å². The van der Waals surface area contributed by atoms with Crippen molar-refractivity contribution in [2.45, 2.75) is 31.5 Å². The summed E-state index contributed by atoms with van der Waals surface area (Å²) in [6, 6.07) is 24.2. The fourth-order valence-electron chi connectivity index (χ4n) is 5.25. The number of benzene rings is 3. The van der Waals surface area contributed by atoms with Crippen molar-refractivity contribution in [3.8, 4) is 0 Å². The van der Waals surface area contributed by atoms with Gasteiger partial charge in [-0.05, 0) is 46.5 Å². The van der Waals surface area contributed by atoms with Crippen molar-refractivity contribution in [1.29, 1.82) is 0 Å². The number of hydrogen-bond donors (Lipinski definition) is 1. The second kappa shape index (κ2) is 11.3. The van der Waals surface area contributed by atoms with Crippen LogP contribution in [0.2, 0.25) is 10.0 Å². The third kappa shape index (κ3) is 5.84. The van der Waals surface area contributed by atoms with E-state index >= 15 is 0 Å². The molecule has 0 spiro atoms. The molecule has 0 unspecified atom stereocenters. The summed E-state index contributed by atoms with van der Waals surface area (Å²) < 4.78 is 0. The molecule has 1 N–H and O–H groups in total. The molecule has 1 fully saturated rings. The Labute approximate surface area is 223 Å². The second-order valence-corrected chi connectivity index (χ2v) is 10.2.